The smallest absolute Gasteiger partial charge is 0.157 e. The van der Waals surface area contributed by atoms with E-state index in [1.807, 2.05) is 0 Å². The fourth-order valence-electron chi connectivity index (χ4n) is 1.95. The second-order valence-electron chi connectivity index (χ2n) is 4.26. The zero-order chi connectivity index (χ0) is 11.7. The Bertz CT molecular complexity index is 135. The lowest BCUT2D eigenvalue weighted by molar-refractivity contribution is -0.114. The average Bonchev–Trinajstić information content (AvgIpc) is 2.25. The summed E-state index contributed by atoms with van der Waals surface area (Å²) < 4.78 is 10.3. The van der Waals surface area contributed by atoms with Gasteiger partial charge < -0.3 is 14.6 Å². The molecule has 0 heterocycles. The second kappa shape index (κ2) is 9.13. The summed E-state index contributed by atoms with van der Waals surface area (Å²) >= 11 is 0. The summed E-state index contributed by atoms with van der Waals surface area (Å²) in [6, 6.07) is 0. The zero-order valence-electron chi connectivity index (χ0n) is 10.5. The third kappa shape index (κ3) is 6.88. The van der Waals surface area contributed by atoms with E-state index >= 15 is 0 Å². The number of aliphatic hydroxyl groups is 1. The van der Waals surface area contributed by atoms with Gasteiger partial charge in [-0.2, -0.15) is 0 Å². The van der Waals surface area contributed by atoms with Crippen LogP contribution >= 0.6 is 0 Å². The van der Waals surface area contributed by atoms with E-state index < -0.39 is 0 Å². The molecule has 15 heavy (non-hydrogen) atoms. The van der Waals surface area contributed by atoms with Crippen molar-refractivity contribution in [3.63, 3.8) is 0 Å². The van der Waals surface area contributed by atoms with Crippen molar-refractivity contribution in [1.29, 1.82) is 0 Å². The van der Waals surface area contributed by atoms with Crippen molar-refractivity contribution >= 4 is 0 Å². The van der Waals surface area contributed by atoms with E-state index in [2.05, 4.69) is 13.8 Å². The molecule has 92 valence electrons. The maximum atomic E-state index is 8.91. The largest absolute Gasteiger partial charge is 0.396 e. The van der Waals surface area contributed by atoms with Crippen LogP contribution in [0.2, 0.25) is 0 Å². The van der Waals surface area contributed by atoms with Gasteiger partial charge in [-0.15, -0.1) is 0 Å². The Labute approximate surface area is 93.8 Å². The standard InChI is InChI=1S/C12H26O3/c1-5-11(6-7-13)8-10(2)9-12(14-3)15-4/h10-13H,5-9H2,1-4H3/t10-,11-/m0/s1. The first-order valence-electron chi connectivity index (χ1n) is 5.84. The topological polar surface area (TPSA) is 38.7 Å². The molecule has 3 heteroatoms. The highest BCUT2D eigenvalue weighted by Crippen LogP contribution is 2.22. The first-order chi connectivity index (χ1) is 7.17. The van der Waals surface area contributed by atoms with Gasteiger partial charge >= 0.3 is 0 Å². The van der Waals surface area contributed by atoms with E-state index in [-0.39, 0.29) is 6.29 Å². The van der Waals surface area contributed by atoms with E-state index in [9.17, 15) is 0 Å². The lowest BCUT2D eigenvalue weighted by atomic mass is 9.89. The SMILES string of the molecule is CC[C@@H](CCO)C[C@H](C)CC(OC)OC. The van der Waals surface area contributed by atoms with Crippen LogP contribution in [-0.4, -0.2) is 32.2 Å². The number of hydrogen-bond acceptors (Lipinski definition) is 3. The lowest BCUT2D eigenvalue weighted by Gasteiger charge is -2.22. The van der Waals surface area contributed by atoms with Crippen molar-refractivity contribution in [3.8, 4) is 0 Å². The maximum absolute atomic E-state index is 8.91. The Morgan fingerprint density at radius 2 is 1.73 bits per heavy atom. The second-order valence-corrected chi connectivity index (χ2v) is 4.26. The third-order valence-corrected chi connectivity index (χ3v) is 2.97. The van der Waals surface area contributed by atoms with E-state index in [1.54, 1.807) is 14.2 Å². The van der Waals surface area contributed by atoms with E-state index in [1.165, 1.54) is 0 Å². The highest BCUT2D eigenvalue weighted by atomic mass is 16.7. The van der Waals surface area contributed by atoms with Gasteiger partial charge in [-0.25, -0.2) is 0 Å². The molecule has 0 aromatic carbocycles. The van der Waals surface area contributed by atoms with Crippen molar-refractivity contribution in [2.45, 2.75) is 45.8 Å². The Balaban J connectivity index is 3.82. The summed E-state index contributed by atoms with van der Waals surface area (Å²) in [5.74, 6) is 1.20. The summed E-state index contributed by atoms with van der Waals surface area (Å²) in [6.07, 6.45) is 4.02. The number of ether oxygens (including phenoxy) is 2. The first-order valence-corrected chi connectivity index (χ1v) is 5.84. The Morgan fingerprint density at radius 3 is 2.13 bits per heavy atom. The van der Waals surface area contributed by atoms with Crippen molar-refractivity contribution in [3.05, 3.63) is 0 Å². The molecule has 0 rings (SSSR count). The predicted molar refractivity (Wildman–Crippen MR) is 61.7 cm³/mol. The van der Waals surface area contributed by atoms with Crippen LogP contribution in [-0.2, 0) is 9.47 Å². The van der Waals surface area contributed by atoms with Crippen LogP contribution in [0, 0.1) is 11.8 Å². The first kappa shape index (κ1) is 14.9. The average molecular weight is 218 g/mol. The fraction of sp³-hybridized carbons (Fsp3) is 1.00. The van der Waals surface area contributed by atoms with Gasteiger partial charge in [0.1, 0.15) is 0 Å². The molecule has 0 aliphatic heterocycles. The van der Waals surface area contributed by atoms with E-state index in [0.717, 1.165) is 25.7 Å². The minimum atomic E-state index is -0.0911. The molecule has 0 radical (unpaired) electrons. The van der Waals surface area contributed by atoms with Gasteiger partial charge in [0.2, 0.25) is 0 Å². The van der Waals surface area contributed by atoms with Crippen molar-refractivity contribution in [1.82, 2.24) is 0 Å². The predicted octanol–water partition coefficient (Wildman–Crippen LogP) is 2.43. The minimum Gasteiger partial charge on any atom is -0.396 e. The van der Waals surface area contributed by atoms with Crippen LogP contribution in [0.25, 0.3) is 0 Å². The summed E-state index contributed by atoms with van der Waals surface area (Å²) in [4.78, 5) is 0. The van der Waals surface area contributed by atoms with Crippen molar-refractivity contribution in [2.75, 3.05) is 20.8 Å². The summed E-state index contributed by atoms with van der Waals surface area (Å²) in [7, 11) is 3.35. The quantitative estimate of drug-likeness (QED) is 0.604. The van der Waals surface area contributed by atoms with Gasteiger partial charge in [-0.05, 0) is 24.7 Å². The molecule has 1 N–H and O–H groups in total. The molecule has 0 unspecified atom stereocenters. The summed E-state index contributed by atoms with van der Waals surface area (Å²) in [6.45, 7) is 4.69. The van der Waals surface area contributed by atoms with Gasteiger partial charge in [-0.3, -0.25) is 0 Å². The molecule has 0 aliphatic rings. The van der Waals surface area contributed by atoms with Gasteiger partial charge in [0, 0.05) is 27.2 Å². The maximum Gasteiger partial charge on any atom is 0.157 e. The third-order valence-electron chi connectivity index (χ3n) is 2.97. The molecule has 3 nitrogen and oxygen atoms in total. The van der Waals surface area contributed by atoms with Gasteiger partial charge in [-0.1, -0.05) is 20.3 Å². The van der Waals surface area contributed by atoms with Gasteiger partial charge in [0.25, 0.3) is 0 Å². The molecule has 0 spiro atoms. The van der Waals surface area contributed by atoms with Crippen LogP contribution in [0.5, 0.6) is 0 Å². The summed E-state index contributed by atoms with van der Waals surface area (Å²) in [5, 5.41) is 8.91. The summed E-state index contributed by atoms with van der Waals surface area (Å²) in [5.41, 5.74) is 0. The van der Waals surface area contributed by atoms with E-state index in [4.69, 9.17) is 14.6 Å². The molecule has 0 amide bonds. The molecule has 0 bridgehead atoms. The Hall–Kier alpha value is -0.120. The van der Waals surface area contributed by atoms with Crippen molar-refractivity contribution in [2.24, 2.45) is 11.8 Å². The number of aliphatic hydroxyl groups excluding tert-OH is 1. The fourth-order valence-corrected chi connectivity index (χ4v) is 1.95. The van der Waals surface area contributed by atoms with Crippen molar-refractivity contribution < 1.29 is 14.6 Å². The normalized spacial score (nSPS) is 15.6. The Morgan fingerprint density at radius 1 is 1.13 bits per heavy atom. The van der Waals surface area contributed by atoms with E-state index in [0.29, 0.717) is 18.4 Å². The molecular weight excluding hydrogens is 192 g/mol. The molecule has 0 aromatic heterocycles. The Kier molecular flexibility index (Phi) is 9.06. The molecule has 0 saturated carbocycles. The lowest BCUT2D eigenvalue weighted by Crippen LogP contribution is -2.18. The highest BCUT2D eigenvalue weighted by Gasteiger charge is 2.15. The van der Waals surface area contributed by atoms with Crippen LogP contribution in [0.3, 0.4) is 0 Å². The van der Waals surface area contributed by atoms with Gasteiger partial charge in [0.05, 0.1) is 0 Å². The highest BCUT2D eigenvalue weighted by molar-refractivity contribution is 4.63. The number of rotatable bonds is 9. The van der Waals surface area contributed by atoms with Gasteiger partial charge in [0.15, 0.2) is 6.29 Å². The van der Waals surface area contributed by atoms with Crippen LogP contribution in [0.1, 0.15) is 39.5 Å². The molecule has 0 saturated heterocycles. The molecule has 0 aromatic rings. The monoisotopic (exact) mass is 218 g/mol. The van der Waals surface area contributed by atoms with Crippen LogP contribution in [0.15, 0.2) is 0 Å². The number of methoxy groups -OCH3 is 2. The molecular formula is C12H26O3. The van der Waals surface area contributed by atoms with Crippen LogP contribution in [0.4, 0.5) is 0 Å². The number of hydrogen-bond donors (Lipinski definition) is 1. The molecule has 0 aliphatic carbocycles. The molecule has 2 atom stereocenters. The molecule has 0 fully saturated rings. The van der Waals surface area contributed by atoms with Crippen LogP contribution < -0.4 is 0 Å². The minimum absolute atomic E-state index is 0.0911. The zero-order valence-corrected chi connectivity index (χ0v) is 10.5.